The van der Waals surface area contributed by atoms with Gasteiger partial charge in [0.1, 0.15) is 0 Å². The van der Waals surface area contributed by atoms with Crippen LogP contribution in [0, 0.1) is 6.92 Å². The van der Waals surface area contributed by atoms with Crippen LogP contribution in [0.15, 0.2) is 42.5 Å². The Morgan fingerprint density at radius 1 is 0.714 bits per heavy atom. The van der Waals surface area contributed by atoms with Crippen LogP contribution >= 0.6 is 0 Å². The van der Waals surface area contributed by atoms with Gasteiger partial charge in [-0.3, -0.25) is 14.4 Å². The van der Waals surface area contributed by atoms with Crippen molar-refractivity contribution in [1.82, 2.24) is 0 Å². The zero-order valence-electron chi connectivity index (χ0n) is 16.4. The van der Waals surface area contributed by atoms with Gasteiger partial charge >= 0.3 is 0 Å². The minimum absolute atomic E-state index is 0.0484. The molecule has 3 amide bonds. The summed E-state index contributed by atoms with van der Waals surface area (Å²) in [7, 11) is 0. The van der Waals surface area contributed by atoms with E-state index in [9.17, 15) is 14.4 Å². The summed E-state index contributed by atoms with van der Waals surface area (Å²) in [5.74, 6) is -0.334. The number of rotatable bonds is 8. The summed E-state index contributed by atoms with van der Waals surface area (Å²) in [6.07, 6.45) is 0.809. The highest BCUT2D eigenvalue weighted by Gasteiger charge is 2.07. The Balaban J connectivity index is 1.89. The number of anilines is 4. The molecule has 0 aliphatic heterocycles. The van der Waals surface area contributed by atoms with Crippen LogP contribution in [0.3, 0.4) is 0 Å². The maximum Gasteiger partial charge on any atom is 0.243 e. The maximum atomic E-state index is 12.2. The lowest BCUT2D eigenvalue weighted by atomic mass is 10.1. The summed E-state index contributed by atoms with van der Waals surface area (Å²) < 4.78 is 0. The van der Waals surface area contributed by atoms with E-state index < -0.39 is 0 Å². The van der Waals surface area contributed by atoms with Gasteiger partial charge in [0.2, 0.25) is 17.7 Å². The molecule has 0 bridgehead atoms. The molecule has 0 atom stereocenters. The van der Waals surface area contributed by atoms with E-state index in [1.807, 2.05) is 13.0 Å². The normalized spacial score (nSPS) is 10.1. The van der Waals surface area contributed by atoms with Crippen LogP contribution in [0.2, 0.25) is 0 Å². The van der Waals surface area contributed by atoms with E-state index in [-0.39, 0.29) is 24.3 Å². The summed E-state index contributed by atoms with van der Waals surface area (Å²) >= 11 is 0. The number of benzene rings is 2. The van der Waals surface area contributed by atoms with Gasteiger partial charge in [-0.25, -0.2) is 0 Å². The van der Waals surface area contributed by atoms with Gasteiger partial charge in [-0.15, -0.1) is 0 Å². The number of amides is 3. The Morgan fingerprint density at radius 3 is 1.89 bits per heavy atom. The van der Waals surface area contributed by atoms with Crippen LogP contribution in [0.4, 0.5) is 22.7 Å². The third-order valence-corrected chi connectivity index (χ3v) is 4.06. The van der Waals surface area contributed by atoms with E-state index in [1.165, 1.54) is 0 Å². The number of carbonyl (C=O) groups excluding carboxylic acids is 3. The predicted octanol–water partition coefficient (Wildman–Crippen LogP) is 3.74. The fourth-order valence-corrected chi connectivity index (χ4v) is 2.38. The molecule has 0 saturated heterocycles. The number of hydrogen-bond acceptors (Lipinski definition) is 4. The molecule has 2 rings (SSSR count). The lowest BCUT2D eigenvalue weighted by Crippen LogP contribution is -2.22. The Kier molecular flexibility index (Phi) is 7.56. The van der Waals surface area contributed by atoms with E-state index in [0.29, 0.717) is 29.9 Å². The first-order valence-electron chi connectivity index (χ1n) is 9.25. The standard InChI is InChI=1S/C21H26N4O3/c1-4-19(26)23-16-10-8-15(9-11-16)22-13-21(28)24-17-7-6-14(3)18(12-17)25-20(27)5-2/h6-12,22H,4-5,13H2,1-3H3,(H,23,26)(H,24,28)(H,25,27). The molecule has 7 heteroatoms. The third kappa shape index (κ3) is 6.42. The molecule has 0 heterocycles. The Bertz CT molecular complexity index is 847. The van der Waals surface area contributed by atoms with Gasteiger partial charge in [-0.05, 0) is 48.9 Å². The molecular weight excluding hydrogens is 356 g/mol. The van der Waals surface area contributed by atoms with Gasteiger partial charge in [-0.2, -0.15) is 0 Å². The summed E-state index contributed by atoms with van der Waals surface area (Å²) in [6.45, 7) is 5.56. The highest BCUT2D eigenvalue weighted by molar-refractivity contribution is 5.96. The van der Waals surface area contributed by atoms with Crippen molar-refractivity contribution in [2.45, 2.75) is 33.6 Å². The van der Waals surface area contributed by atoms with Crippen molar-refractivity contribution < 1.29 is 14.4 Å². The van der Waals surface area contributed by atoms with Gasteiger partial charge in [0.25, 0.3) is 0 Å². The topological polar surface area (TPSA) is 99.3 Å². The highest BCUT2D eigenvalue weighted by atomic mass is 16.2. The van der Waals surface area contributed by atoms with Gasteiger partial charge in [-0.1, -0.05) is 19.9 Å². The van der Waals surface area contributed by atoms with Gasteiger partial charge in [0.05, 0.1) is 6.54 Å². The van der Waals surface area contributed by atoms with E-state index in [4.69, 9.17) is 0 Å². The van der Waals surface area contributed by atoms with Gasteiger partial charge in [0, 0.05) is 35.6 Å². The molecule has 148 valence electrons. The second-order valence-corrected chi connectivity index (χ2v) is 6.31. The molecule has 0 unspecified atom stereocenters. The Hall–Kier alpha value is -3.35. The molecule has 0 aromatic heterocycles. The van der Waals surface area contributed by atoms with Crippen LogP contribution in [0.1, 0.15) is 32.3 Å². The van der Waals surface area contributed by atoms with E-state index >= 15 is 0 Å². The molecule has 0 saturated carbocycles. The first-order chi connectivity index (χ1) is 13.4. The van der Waals surface area contributed by atoms with Crippen LogP contribution < -0.4 is 21.3 Å². The van der Waals surface area contributed by atoms with Crippen molar-refractivity contribution in [2.24, 2.45) is 0 Å². The number of carbonyl (C=O) groups is 3. The fourth-order valence-electron chi connectivity index (χ4n) is 2.38. The molecule has 2 aromatic rings. The molecule has 0 aliphatic rings. The number of aryl methyl sites for hydroxylation is 1. The first-order valence-corrected chi connectivity index (χ1v) is 9.25. The summed E-state index contributed by atoms with van der Waals surface area (Å²) in [6, 6.07) is 12.5. The Labute approximate surface area is 164 Å². The molecule has 0 aliphatic carbocycles. The number of hydrogen-bond donors (Lipinski definition) is 4. The zero-order valence-corrected chi connectivity index (χ0v) is 16.4. The third-order valence-electron chi connectivity index (χ3n) is 4.06. The van der Waals surface area contributed by atoms with Crippen molar-refractivity contribution in [3.63, 3.8) is 0 Å². The van der Waals surface area contributed by atoms with E-state index in [2.05, 4.69) is 21.3 Å². The largest absolute Gasteiger partial charge is 0.376 e. The quantitative estimate of drug-likeness (QED) is 0.559. The second kappa shape index (κ2) is 10.1. The van der Waals surface area contributed by atoms with E-state index in [0.717, 1.165) is 11.3 Å². The van der Waals surface area contributed by atoms with Gasteiger partial charge in [0.15, 0.2) is 0 Å². The lowest BCUT2D eigenvalue weighted by Gasteiger charge is -2.12. The first kappa shape index (κ1) is 21.0. The predicted molar refractivity (Wildman–Crippen MR) is 113 cm³/mol. The summed E-state index contributed by atoms with van der Waals surface area (Å²) in [5, 5.41) is 11.4. The monoisotopic (exact) mass is 382 g/mol. The molecule has 0 fully saturated rings. The van der Waals surface area contributed by atoms with Crippen molar-refractivity contribution in [3.8, 4) is 0 Å². The minimum atomic E-state index is -0.208. The molecule has 2 aromatic carbocycles. The second-order valence-electron chi connectivity index (χ2n) is 6.31. The smallest absolute Gasteiger partial charge is 0.243 e. The molecule has 7 nitrogen and oxygen atoms in total. The average Bonchev–Trinajstić information content (AvgIpc) is 2.69. The molecular formula is C21H26N4O3. The SMILES string of the molecule is CCC(=O)Nc1ccc(NCC(=O)Nc2ccc(C)c(NC(=O)CC)c2)cc1. The van der Waals surface area contributed by atoms with E-state index in [1.54, 1.807) is 50.2 Å². The highest BCUT2D eigenvalue weighted by Crippen LogP contribution is 2.20. The van der Waals surface area contributed by atoms with Gasteiger partial charge < -0.3 is 21.3 Å². The van der Waals surface area contributed by atoms with Crippen LogP contribution in [-0.2, 0) is 14.4 Å². The fraction of sp³-hybridized carbons (Fsp3) is 0.286. The van der Waals surface area contributed by atoms with Crippen molar-refractivity contribution in [1.29, 1.82) is 0 Å². The van der Waals surface area contributed by atoms with Crippen LogP contribution in [0.5, 0.6) is 0 Å². The lowest BCUT2D eigenvalue weighted by molar-refractivity contribution is -0.116. The summed E-state index contributed by atoms with van der Waals surface area (Å²) in [5.41, 5.74) is 3.70. The maximum absolute atomic E-state index is 12.2. The van der Waals surface area contributed by atoms with Crippen LogP contribution in [-0.4, -0.2) is 24.3 Å². The Morgan fingerprint density at radius 2 is 1.25 bits per heavy atom. The van der Waals surface area contributed by atoms with Crippen LogP contribution in [0.25, 0.3) is 0 Å². The average molecular weight is 382 g/mol. The number of nitrogens with one attached hydrogen (secondary N) is 4. The molecule has 0 radical (unpaired) electrons. The molecule has 28 heavy (non-hydrogen) atoms. The van der Waals surface area contributed by atoms with Crippen molar-refractivity contribution >= 4 is 40.5 Å². The van der Waals surface area contributed by atoms with Crippen molar-refractivity contribution in [3.05, 3.63) is 48.0 Å². The molecule has 4 N–H and O–H groups in total. The molecule has 0 spiro atoms. The van der Waals surface area contributed by atoms with Crippen molar-refractivity contribution in [2.75, 3.05) is 27.8 Å². The minimum Gasteiger partial charge on any atom is -0.376 e. The zero-order chi connectivity index (χ0) is 20.5. The summed E-state index contributed by atoms with van der Waals surface area (Å²) in [4.78, 5) is 35.2.